The van der Waals surface area contributed by atoms with Crippen LogP contribution in [0.1, 0.15) is 20.8 Å². The number of carbonyl (C=O) groups is 1. The number of thiophene rings is 1. The molecule has 106 valence electrons. The molecule has 3 rings (SSSR count). The van der Waals surface area contributed by atoms with Crippen molar-refractivity contribution in [1.29, 1.82) is 0 Å². The number of aromatic nitrogens is 2. The smallest absolute Gasteiger partial charge is 0.352 e. The number of aryl methyl sites for hydroxylation is 1. The molecule has 1 aromatic carbocycles. The molecule has 2 heterocycles. The molecule has 0 spiro atoms. The molecule has 0 fully saturated rings. The van der Waals surface area contributed by atoms with Crippen LogP contribution in [0.4, 0.5) is 0 Å². The summed E-state index contributed by atoms with van der Waals surface area (Å²) in [6, 6.07) is 11.7. The van der Waals surface area contributed by atoms with Crippen LogP contribution in [0, 0.1) is 6.92 Å². The fourth-order valence-corrected chi connectivity index (χ4v) is 3.23. The molecular weight excluding hydrogens is 304 g/mol. The van der Waals surface area contributed by atoms with E-state index in [9.17, 15) is 4.79 Å². The minimum atomic E-state index is -0.378. The monoisotopic (exact) mass is 316 g/mol. The number of ether oxygens (including phenoxy) is 1. The molecule has 21 heavy (non-hydrogen) atoms. The molecule has 2 aromatic heterocycles. The van der Waals surface area contributed by atoms with E-state index in [0.717, 1.165) is 27.5 Å². The van der Waals surface area contributed by atoms with Crippen molar-refractivity contribution in [2.45, 2.75) is 13.5 Å². The summed E-state index contributed by atoms with van der Waals surface area (Å²) in [5, 5.41) is 5.97. The van der Waals surface area contributed by atoms with Crippen molar-refractivity contribution in [3.63, 3.8) is 0 Å². The van der Waals surface area contributed by atoms with Gasteiger partial charge in [-0.2, -0.15) is 0 Å². The van der Waals surface area contributed by atoms with Gasteiger partial charge in [0.2, 0.25) is 0 Å². The largest absolute Gasteiger partial charge is 0.457 e. The van der Waals surface area contributed by atoms with Crippen molar-refractivity contribution in [3.05, 3.63) is 57.8 Å². The van der Waals surface area contributed by atoms with Gasteiger partial charge in [0.1, 0.15) is 12.3 Å². The lowest BCUT2D eigenvalue weighted by Crippen LogP contribution is -2.05. The number of benzene rings is 1. The highest BCUT2D eigenvalue weighted by Crippen LogP contribution is 2.28. The van der Waals surface area contributed by atoms with Gasteiger partial charge in [-0.3, -0.25) is 0 Å². The fourth-order valence-electron chi connectivity index (χ4n) is 1.88. The first-order valence-electron chi connectivity index (χ1n) is 6.33. The number of carbonyl (C=O) groups excluding carboxylic acids is 1. The number of rotatable bonds is 4. The molecule has 0 unspecified atom stereocenters. The Morgan fingerprint density at radius 3 is 2.86 bits per heavy atom. The minimum absolute atomic E-state index is 0.257. The Morgan fingerprint density at radius 1 is 1.24 bits per heavy atom. The molecule has 6 heteroatoms. The summed E-state index contributed by atoms with van der Waals surface area (Å²) < 4.78 is 9.26. The van der Waals surface area contributed by atoms with Crippen molar-refractivity contribution in [2.75, 3.05) is 0 Å². The van der Waals surface area contributed by atoms with Gasteiger partial charge in [-0.15, -0.1) is 16.4 Å². The van der Waals surface area contributed by atoms with Gasteiger partial charge < -0.3 is 4.74 Å². The van der Waals surface area contributed by atoms with Gasteiger partial charge in [0, 0.05) is 0 Å². The van der Waals surface area contributed by atoms with E-state index in [0.29, 0.717) is 10.6 Å². The van der Waals surface area contributed by atoms with Crippen molar-refractivity contribution >= 4 is 28.8 Å². The summed E-state index contributed by atoms with van der Waals surface area (Å²) in [7, 11) is 0. The van der Waals surface area contributed by atoms with Crippen LogP contribution in [0.3, 0.4) is 0 Å². The molecule has 0 amide bonds. The fraction of sp³-hybridized carbons (Fsp3) is 0.133. The molecule has 0 aliphatic carbocycles. The van der Waals surface area contributed by atoms with Crippen molar-refractivity contribution in [1.82, 2.24) is 9.59 Å². The Labute approximate surface area is 130 Å². The van der Waals surface area contributed by atoms with Gasteiger partial charge in [0.05, 0.1) is 4.88 Å². The molecule has 0 saturated heterocycles. The molecule has 0 N–H and O–H groups in total. The maximum absolute atomic E-state index is 12.2. The zero-order valence-corrected chi connectivity index (χ0v) is 12.9. The molecule has 0 radical (unpaired) electrons. The van der Waals surface area contributed by atoms with E-state index in [1.54, 1.807) is 0 Å². The molecule has 3 aromatic rings. The summed E-state index contributed by atoms with van der Waals surface area (Å²) in [5.74, 6) is -0.378. The molecule has 0 aliphatic heterocycles. The average molecular weight is 316 g/mol. The van der Waals surface area contributed by atoms with E-state index >= 15 is 0 Å². The average Bonchev–Trinajstić information content (AvgIpc) is 3.16. The van der Waals surface area contributed by atoms with E-state index in [1.165, 1.54) is 11.3 Å². The second kappa shape index (κ2) is 6.15. The summed E-state index contributed by atoms with van der Waals surface area (Å²) >= 11 is 2.59. The lowest BCUT2D eigenvalue weighted by molar-refractivity contribution is 0.0478. The highest BCUT2D eigenvalue weighted by atomic mass is 32.1. The Bertz CT molecular complexity index is 751. The minimum Gasteiger partial charge on any atom is -0.457 e. The zero-order valence-electron chi connectivity index (χ0n) is 11.3. The summed E-state index contributed by atoms with van der Waals surface area (Å²) in [4.78, 5) is 13.6. The van der Waals surface area contributed by atoms with E-state index in [1.807, 2.05) is 48.7 Å². The molecule has 0 bridgehead atoms. The standard InChI is InChI=1S/C15H12N2O2S2/c1-10-5-2-3-6-11(10)9-19-15(18)14-13(16-17-21-14)12-7-4-8-20-12/h2-8H,9H2,1H3. The van der Waals surface area contributed by atoms with Crippen molar-refractivity contribution < 1.29 is 9.53 Å². The summed E-state index contributed by atoms with van der Waals surface area (Å²) in [6.45, 7) is 2.25. The second-order valence-electron chi connectivity index (χ2n) is 4.43. The summed E-state index contributed by atoms with van der Waals surface area (Å²) in [5.41, 5.74) is 2.71. The first kappa shape index (κ1) is 13.9. The lowest BCUT2D eigenvalue weighted by Gasteiger charge is -2.06. The van der Waals surface area contributed by atoms with Crippen LogP contribution in [-0.2, 0) is 11.3 Å². The van der Waals surface area contributed by atoms with Gasteiger partial charge in [-0.05, 0) is 41.0 Å². The second-order valence-corrected chi connectivity index (χ2v) is 6.13. The third-order valence-corrected chi connectivity index (χ3v) is 4.63. The van der Waals surface area contributed by atoms with Crippen LogP contribution in [0.25, 0.3) is 10.6 Å². The predicted octanol–water partition coefficient (Wildman–Crippen LogP) is 3.93. The van der Waals surface area contributed by atoms with E-state index in [4.69, 9.17) is 4.74 Å². The number of hydrogen-bond donors (Lipinski definition) is 0. The highest BCUT2D eigenvalue weighted by Gasteiger charge is 2.20. The third-order valence-electron chi connectivity index (χ3n) is 3.05. The quantitative estimate of drug-likeness (QED) is 0.684. The Balaban J connectivity index is 1.75. The van der Waals surface area contributed by atoms with Crippen LogP contribution in [0.2, 0.25) is 0 Å². The number of esters is 1. The van der Waals surface area contributed by atoms with Gasteiger partial charge in [-0.25, -0.2) is 4.79 Å². The van der Waals surface area contributed by atoms with Crippen LogP contribution >= 0.6 is 22.9 Å². The maximum atomic E-state index is 12.2. The lowest BCUT2D eigenvalue weighted by atomic mass is 10.1. The maximum Gasteiger partial charge on any atom is 0.352 e. The van der Waals surface area contributed by atoms with Crippen LogP contribution in [-0.4, -0.2) is 15.6 Å². The van der Waals surface area contributed by atoms with Gasteiger partial charge in [0.15, 0.2) is 4.88 Å². The molecule has 0 saturated carbocycles. The van der Waals surface area contributed by atoms with Gasteiger partial charge >= 0.3 is 5.97 Å². The Morgan fingerprint density at radius 2 is 2.10 bits per heavy atom. The first-order valence-corrected chi connectivity index (χ1v) is 7.99. The normalized spacial score (nSPS) is 10.5. The van der Waals surface area contributed by atoms with Crippen LogP contribution in [0.15, 0.2) is 41.8 Å². The van der Waals surface area contributed by atoms with Crippen LogP contribution < -0.4 is 0 Å². The van der Waals surface area contributed by atoms with Gasteiger partial charge in [0.25, 0.3) is 0 Å². The molecule has 0 atom stereocenters. The topological polar surface area (TPSA) is 52.1 Å². The molecular formula is C15H12N2O2S2. The first-order chi connectivity index (χ1) is 10.3. The van der Waals surface area contributed by atoms with E-state index < -0.39 is 0 Å². The van der Waals surface area contributed by atoms with Crippen molar-refractivity contribution in [3.8, 4) is 10.6 Å². The number of hydrogen-bond acceptors (Lipinski definition) is 6. The predicted molar refractivity (Wildman–Crippen MR) is 83.5 cm³/mol. The molecule has 0 aliphatic rings. The number of nitrogens with zero attached hydrogens (tertiary/aromatic N) is 2. The van der Waals surface area contributed by atoms with E-state index in [-0.39, 0.29) is 12.6 Å². The van der Waals surface area contributed by atoms with Gasteiger partial charge in [-0.1, -0.05) is 34.8 Å². The summed E-state index contributed by atoms with van der Waals surface area (Å²) in [6.07, 6.45) is 0. The Hall–Kier alpha value is -2.05. The van der Waals surface area contributed by atoms with E-state index in [2.05, 4.69) is 9.59 Å². The SMILES string of the molecule is Cc1ccccc1COC(=O)c1snnc1-c1cccs1. The molecule has 4 nitrogen and oxygen atoms in total. The van der Waals surface area contributed by atoms with Crippen molar-refractivity contribution in [2.24, 2.45) is 0 Å². The third kappa shape index (κ3) is 3.01. The zero-order chi connectivity index (χ0) is 14.7. The highest BCUT2D eigenvalue weighted by molar-refractivity contribution is 7.14. The Kier molecular flexibility index (Phi) is 4.08. The van der Waals surface area contributed by atoms with Crippen LogP contribution in [0.5, 0.6) is 0 Å².